The lowest BCUT2D eigenvalue weighted by atomic mass is 10.1. The van der Waals surface area contributed by atoms with Gasteiger partial charge in [0.25, 0.3) is 0 Å². The summed E-state index contributed by atoms with van der Waals surface area (Å²) < 4.78 is 9.70. The first-order valence-electron chi connectivity index (χ1n) is 7.35. The molecule has 4 heteroatoms. The maximum Gasteiger partial charge on any atom is 0.330 e. The van der Waals surface area contributed by atoms with Crippen LogP contribution < -0.4 is 0 Å². The minimum Gasteiger partial charge on any atom is -0.463 e. The van der Waals surface area contributed by atoms with Crippen molar-refractivity contribution in [2.75, 3.05) is 13.2 Å². The summed E-state index contributed by atoms with van der Waals surface area (Å²) in [6.45, 7) is 4.44. The maximum atomic E-state index is 11.2. The van der Waals surface area contributed by atoms with Crippen LogP contribution in [-0.4, -0.2) is 25.2 Å². The number of carbonyl (C=O) groups excluding carboxylic acids is 2. The molecule has 0 unspecified atom stereocenters. The third kappa shape index (κ3) is 4.22. The first-order chi connectivity index (χ1) is 9.65. The Morgan fingerprint density at radius 3 is 1.65 bits per heavy atom. The number of esters is 2. The second-order valence-corrected chi connectivity index (χ2v) is 5.35. The van der Waals surface area contributed by atoms with Gasteiger partial charge in [0, 0.05) is 12.2 Å². The number of ether oxygens (including phenoxy) is 2. The molecule has 20 heavy (non-hydrogen) atoms. The molecule has 2 aliphatic rings. The van der Waals surface area contributed by atoms with Crippen molar-refractivity contribution in [1.82, 2.24) is 0 Å². The van der Waals surface area contributed by atoms with Crippen molar-refractivity contribution >= 4 is 11.9 Å². The molecule has 110 valence electrons. The summed E-state index contributed by atoms with van der Waals surface area (Å²) in [7, 11) is 0. The molecule has 0 radical (unpaired) electrons. The van der Waals surface area contributed by atoms with Crippen LogP contribution in [0.3, 0.4) is 0 Å². The summed E-state index contributed by atoms with van der Waals surface area (Å²) in [6.07, 6.45) is 9.30. The lowest BCUT2D eigenvalue weighted by Crippen LogP contribution is -1.99. The lowest BCUT2D eigenvalue weighted by Gasteiger charge is -1.95. The molecule has 2 aliphatic carbocycles. The minimum atomic E-state index is -0.257. The summed E-state index contributed by atoms with van der Waals surface area (Å²) in [5.41, 5.74) is 0. The summed E-state index contributed by atoms with van der Waals surface area (Å²) in [4.78, 5) is 22.4. The number of rotatable bonds is 7. The van der Waals surface area contributed by atoms with Crippen molar-refractivity contribution in [3.63, 3.8) is 0 Å². The largest absolute Gasteiger partial charge is 0.463 e. The zero-order chi connectivity index (χ0) is 14.5. The Balaban J connectivity index is 1.68. The van der Waals surface area contributed by atoms with Crippen molar-refractivity contribution in [2.45, 2.75) is 26.7 Å². The van der Waals surface area contributed by atoms with E-state index >= 15 is 0 Å². The molecular formula is C16H22O4. The van der Waals surface area contributed by atoms with E-state index in [2.05, 4.69) is 0 Å². The molecule has 0 N–H and O–H groups in total. The molecular weight excluding hydrogens is 256 g/mol. The molecule has 0 aromatic carbocycles. The quantitative estimate of drug-likeness (QED) is 0.530. The van der Waals surface area contributed by atoms with Gasteiger partial charge in [0.1, 0.15) is 0 Å². The van der Waals surface area contributed by atoms with Crippen molar-refractivity contribution in [3.05, 3.63) is 24.3 Å². The highest BCUT2D eigenvalue weighted by molar-refractivity contribution is 5.82. The molecule has 4 nitrogen and oxygen atoms in total. The average molecular weight is 278 g/mol. The van der Waals surface area contributed by atoms with Crippen LogP contribution >= 0.6 is 0 Å². The van der Waals surface area contributed by atoms with Crippen molar-refractivity contribution in [2.24, 2.45) is 23.7 Å². The number of hydrogen-bond acceptors (Lipinski definition) is 4. The Morgan fingerprint density at radius 1 is 0.900 bits per heavy atom. The smallest absolute Gasteiger partial charge is 0.330 e. The van der Waals surface area contributed by atoms with Crippen LogP contribution in [0.2, 0.25) is 0 Å². The van der Waals surface area contributed by atoms with Crippen LogP contribution in [0.1, 0.15) is 26.7 Å². The van der Waals surface area contributed by atoms with E-state index in [4.69, 9.17) is 9.47 Å². The van der Waals surface area contributed by atoms with E-state index in [1.165, 1.54) is 0 Å². The van der Waals surface area contributed by atoms with Gasteiger partial charge in [0.05, 0.1) is 13.2 Å². The van der Waals surface area contributed by atoms with Crippen molar-refractivity contribution < 1.29 is 19.1 Å². The van der Waals surface area contributed by atoms with Crippen molar-refractivity contribution in [1.29, 1.82) is 0 Å². The minimum absolute atomic E-state index is 0.257. The van der Waals surface area contributed by atoms with Crippen molar-refractivity contribution in [3.8, 4) is 0 Å². The second kappa shape index (κ2) is 6.73. The third-order valence-corrected chi connectivity index (χ3v) is 3.86. The molecule has 0 saturated heterocycles. The molecule has 2 saturated carbocycles. The van der Waals surface area contributed by atoms with E-state index in [1.807, 2.05) is 12.2 Å². The van der Waals surface area contributed by atoms with Gasteiger partial charge in [-0.05, 0) is 50.4 Å². The Bertz CT molecular complexity index is 384. The zero-order valence-electron chi connectivity index (χ0n) is 12.1. The topological polar surface area (TPSA) is 52.6 Å². The maximum absolute atomic E-state index is 11.2. The van der Waals surface area contributed by atoms with Gasteiger partial charge in [0.15, 0.2) is 0 Å². The fraction of sp³-hybridized carbons (Fsp3) is 0.625. The van der Waals surface area contributed by atoms with Gasteiger partial charge in [-0.1, -0.05) is 12.2 Å². The van der Waals surface area contributed by atoms with Crippen LogP contribution in [0.5, 0.6) is 0 Å². The predicted molar refractivity (Wildman–Crippen MR) is 74.7 cm³/mol. The first kappa shape index (κ1) is 14.8. The Kier molecular flexibility index (Phi) is 4.99. The van der Waals surface area contributed by atoms with E-state index in [-0.39, 0.29) is 11.9 Å². The van der Waals surface area contributed by atoms with Crippen LogP contribution in [0.25, 0.3) is 0 Å². The van der Waals surface area contributed by atoms with E-state index in [1.54, 1.807) is 26.0 Å². The molecule has 0 aromatic heterocycles. The van der Waals surface area contributed by atoms with Gasteiger partial charge in [-0.15, -0.1) is 0 Å². The highest BCUT2D eigenvalue weighted by atomic mass is 16.5. The molecule has 0 heterocycles. The highest BCUT2D eigenvalue weighted by Gasteiger charge is 2.51. The molecule has 2 fully saturated rings. The Hall–Kier alpha value is -1.58. The fourth-order valence-corrected chi connectivity index (χ4v) is 2.68. The molecule has 2 rings (SSSR count). The molecule has 0 aromatic rings. The lowest BCUT2D eigenvalue weighted by molar-refractivity contribution is -0.138. The van der Waals surface area contributed by atoms with Crippen LogP contribution in [0.4, 0.5) is 0 Å². The van der Waals surface area contributed by atoms with Crippen LogP contribution in [-0.2, 0) is 19.1 Å². The molecule has 4 atom stereocenters. The summed E-state index contributed by atoms with van der Waals surface area (Å²) in [6, 6.07) is 0. The van der Waals surface area contributed by atoms with E-state index in [0.29, 0.717) is 36.9 Å². The molecule has 0 bridgehead atoms. The molecule has 0 aliphatic heterocycles. The van der Waals surface area contributed by atoms with Gasteiger partial charge in [0.2, 0.25) is 0 Å². The van der Waals surface area contributed by atoms with Gasteiger partial charge in [-0.25, -0.2) is 9.59 Å². The van der Waals surface area contributed by atoms with Crippen LogP contribution in [0.15, 0.2) is 24.3 Å². The summed E-state index contributed by atoms with van der Waals surface area (Å²) in [5.74, 6) is 1.83. The summed E-state index contributed by atoms with van der Waals surface area (Å²) in [5, 5.41) is 0. The number of carbonyl (C=O) groups is 2. The monoisotopic (exact) mass is 278 g/mol. The van der Waals surface area contributed by atoms with E-state index < -0.39 is 0 Å². The van der Waals surface area contributed by atoms with Crippen LogP contribution in [0, 0.1) is 23.7 Å². The standard InChI is InChI=1S/C16H22O4/c1-3-19-15(17)7-5-11-9-13(11)14-10-12(14)6-8-16(18)20-4-2/h5-8,11-14H,3-4,9-10H2,1-2H3/b7-5+,8-6+/t11-,12-,13-,14-/m1/s1. The highest BCUT2D eigenvalue weighted by Crippen LogP contribution is 2.58. The summed E-state index contributed by atoms with van der Waals surface area (Å²) >= 11 is 0. The normalized spacial score (nSPS) is 31.5. The molecule has 0 spiro atoms. The first-order valence-corrected chi connectivity index (χ1v) is 7.35. The SMILES string of the molecule is CCOC(=O)/C=C/[C@@H]1C[C@H]1[C@@H]1C[C@H]1/C=C/C(=O)OCC. The fourth-order valence-electron chi connectivity index (χ4n) is 2.68. The van der Waals surface area contributed by atoms with Gasteiger partial charge in [-0.3, -0.25) is 0 Å². The van der Waals surface area contributed by atoms with E-state index in [9.17, 15) is 9.59 Å². The Morgan fingerprint density at radius 2 is 1.30 bits per heavy atom. The van der Waals surface area contributed by atoms with Gasteiger partial charge < -0.3 is 9.47 Å². The van der Waals surface area contributed by atoms with E-state index in [0.717, 1.165) is 12.8 Å². The molecule has 0 amide bonds. The third-order valence-electron chi connectivity index (χ3n) is 3.86. The number of hydrogen-bond donors (Lipinski definition) is 0. The van der Waals surface area contributed by atoms with Gasteiger partial charge >= 0.3 is 11.9 Å². The second-order valence-electron chi connectivity index (χ2n) is 5.35. The van der Waals surface area contributed by atoms with Gasteiger partial charge in [-0.2, -0.15) is 0 Å². The average Bonchev–Trinajstić information content (AvgIpc) is 3.29. The Labute approximate surface area is 119 Å². The zero-order valence-corrected chi connectivity index (χ0v) is 12.1. The predicted octanol–water partition coefficient (Wildman–Crippen LogP) is 2.50. The number of allylic oxidation sites excluding steroid dienone is 2.